The first kappa shape index (κ1) is 22.3. The Balaban J connectivity index is 1.61. The second kappa shape index (κ2) is 9.20. The summed E-state index contributed by atoms with van der Waals surface area (Å²) in [5.74, 6) is -1.51. The first-order valence-corrected chi connectivity index (χ1v) is 11.1. The Kier molecular flexibility index (Phi) is 6.84. The molecule has 0 aliphatic carbocycles. The fraction of sp³-hybridized carbons (Fsp3) is 0.381. The number of carbonyl (C=O) groups excluding carboxylic acids is 1. The lowest BCUT2D eigenvalue weighted by Crippen LogP contribution is -2.48. The van der Waals surface area contributed by atoms with E-state index in [0.717, 1.165) is 18.2 Å². The van der Waals surface area contributed by atoms with E-state index < -0.39 is 21.7 Å². The van der Waals surface area contributed by atoms with Gasteiger partial charge in [-0.1, -0.05) is 0 Å². The molecule has 1 fully saturated rings. The van der Waals surface area contributed by atoms with Crippen molar-refractivity contribution >= 4 is 21.6 Å². The van der Waals surface area contributed by atoms with Gasteiger partial charge in [0.2, 0.25) is 15.9 Å². The summed E-state index contributed by atoms with van der Waals surface area (Å²) in [7, 11) is -3.66. The fourth-order valence-electron chi connectivity index (χ4n) is 3.39. The Hall–Kier alpha value is -2.36. The summed E-state index contributed by atoms with van der Waals surface area (Å²) in [6, 6.07) is 8.98. The van der Waals surface area contributed by atoms with Gasteiger partial charge in [-0.2, -0.15) is 4.31 Å². The zero-order chi connectivity index (χ0) is 21.9. The Morgan fingerprint density at radius 2 is 1.73 bits per heavy atom. The van der Waals surface area contributed by atoms with Crippen molar-refractivity contribution in [2.45, 2.75) is 43.8 Å². The molecule has 9 heteroatoms. The normalized spacial score (nSPS) is 20.1. The summed E-state index contributed by atoms with van der Waals surface area (Å²) in [6.45, 7) is 4.21. The number of carbonyl (C=O) groups is 1. The largest absolute Gasteiger partial charge is 0.373 e. The molecule has 162 valence electrons. The van der Waals surface area contributed by atoms with Gasteiger partial charge in [0.25, 0.3) is 0 Å². The molecule has 30 heavy (non-hydrogen) atoms. The van der Waals surface area contributed by atoms with Gasteiger partial charge in [-0.15, -0.1) is 0 Å². The maximum absolute atomic E-state index is 13.6. The van der Waals surface area contributed by atoms with Gasteiger partial charge in [0.1, 0.15) is 11.6 Å². The molecule has 1 amide bonds. The average molecular weight is 438 g/mol. The number of hydrogen-bond donors (Lipinski definition) is 1. The highest BCUT2D eigenvalue weighted by Gasteiger charge is 2.32. The zero-order valence-corrected chi connectivity index (χ0v) is 17.6. The minimum Gasteiger partial charge on any atom is -0.373 e. The number of morpholine rings is 1. The van der Waals surface area contributed by atoms with Gasteiger partial charge in [0, 0.05) is 25.2 Å². The van der Waals surface area contributed by atoms with Crippen LogP contribution in [-0.2, 0) is 26.0 Å². The smallest absolute Gasteiger partial charge is 0.243 e. The summed E-state index contributed by atoms with van der Waals surface area (Å²) in [5.41, 5.74) is 0.544. The van der Waals surface area contributed by atoms with E-state index in [9.17, 15) is 22.0 Å². The first-order valence-electron chi connectivity index (χ1n) is 9.64. The number of anilines is 1. The van der Waals surface area contributed by atoms with Gasteiger partial charge < -0.3 is 10.1 Å². The average Bonchev–Trinajstić information content (AvgIpc) is 2.68. The monoisotopic (exact) mass is 438 g/mol. The van der Waals surface area contributed by atoms with Gasteiger partial charge in [-0.3, -0.25) is 4.79 Å². The number of aryl methyl sites for hydroxylation is 1. The van der Waals surface area contributed by atoms with Crippen LogP contribution in [0, 0.1) is 11.6 Å². The number of sulfonamides is 1. The summed E-state index contributed by atoms with van der Waals surface area (Å²) < 4.78 is 59.5. The quantitative estimate of drug-likeness (QED) is 0.751. The zero-order valence-electron chi connectivity index (χ0n) is 16.8. The van der Waals surface area contributed by atoms with Gasteiger partial charge in [-0.05, 0) is 68.3 Å². The number of benzene rings is 2. The second-order valence-corrected chi connectivity index (χ2v) is 9.33. The molecule has 0 radical (unpaired) electrons. The predicted molar refractivity (Wildman–Crippen MR) is 109 cm³/mol. The highest BCUT2D eigenvalue weighted by molar-refractivity contribution is 7.89. The molecule has 0 aromatic heterocycles. The predicted octanol–water partition coefficient (Wildman–Crippen LogP) is 3.33. The summed E-state index contributed by atoms with van der Waals surface area (Å²) in [5, 5.41) is 2.64. The molecule has 3 rings (SSSR count). The highest BCUT2D eigenvalue weighted by Crippen LogP contribution is 2.22. The van der Waals surface area contributed by atoms with Crippen LogP contribution in [0.1, 0.15) is 25.8 Å². The third-order valence-corrected chi connectivity index (χ3v) is 6.64. The van der Waals surface area contributed by atoms with E-state index in [1.54, 1.807) is 0 Å². The first-order chi connectivity index (χ1) is 14.1. The molecule has 0 bridgehead atoms. The number of nitrogens with zero attached hydrogens (tertiary/aromatic N) is 1. The highest BCUT2D eigenvalue weighted by atomic mass is 32.2. The van der Waals surface area contributed by atoms with Crippen LogP contribution in [0.2, 0.25) is 0 Å². The third-order valence-electron chi connectivity index (χ3n) is 4.79. The molecule has 1 heterocycles. The fourth-order valence-corrected chi connectivity index (χ4v) is 4.98. The van der Waals surface area contributed by atoms with Gasteiger partial charge in [0.05, 0.1) is 17.1 Å². The van der Waals surface area contributed by atoms with Crippen molar-refractivity contribution in [1.82, 2.24) is 4.31 Å². The van der Waals surface area contributed by atoms with Crippen molar-refractivity contribution < 1.29 is 26.7 Å². The van der Waals surface area contributed by atoms with Crippen LogP contribution in [0.5, 0.6) is 0 Å². The van der Waals surface area contributed by atoms with E-state index in [2.05, 4.69) is 5.32 Å². The van der Waals surface area contributed by atoms with Gasteiger partial charge in [0.15, 0.2) is 0 Å². The maximum atomic E-state index is 13.6. The van der Waals surface area contributed by atoms with Crippen molar-refractivity contribution in [3.05, 3.63) is 59.7 Å². The number of halogens is 2. The minimum atomic E-state index is -3.66. The van der Waals surface area contributed by atoms with E-state index in [-0.39, 0.29) is 54.5 Å². The van der Waals surface area contributed by atoms with Crippen molar-refractivity contribution in [2.75, 3.05) is 18.4 Å². The van der Waals surface area contributed by atoms with Crippen LogP contribution in [0.25, 0.3) is 0 Å². The van der Waals surface area contributed by atoms with Crippen molar-refractivity contribution in [2.24, 2.45) is 0 Å². The Labute approximate surface area is 174 Å². The summed E-state index contributed by atoms with van der Waals surface area (Å²) in [4.78, 5) is 12.2. The Bertz CT molecular complexity index is 1000. The number of ether oxygens (including phenoxy) is 1. The van der Waals surface area contributed by atoms with E-state index in [0.29, 0.717) is 5.69 Å². The van der Waals surface area contributed by atoms with Crippen molar-refractivity contribution in [3.8, 4) is 0 Å². The maximum Gasteiger partial charge on any atom is 0.243 e. The lowest BCUT2D eigenvalue weighted by molar-refractivity contribution is -0.116. The topological polar surface area (TPSA) is 75.7 Å². The molecule has 1 aliphatic rings. The standard InChI is InChI=1S/C21H24F2N2O4S/c1-14-12-25(13-15(2)29-14)30(27,28)19-7-5-18(6-8-19)24-21(26)10-3-16-11-17(22)4-9-20(16)23/h4-9,11,14-15H,3,10,12-13H2,1-2H3,(H,24,26). The molecule has 2 unspecified atom stereocenters. The third kappa shape index (κ3) is 5.41. The molecular formula is C21H24F2N2O4S. The van der Waals surface area contributed by atoms with Crippen LogP contribution in [0.4, 0.5) is 14.5 Å². The van der Waals surface area contributed by atoms with Crippen molar-refractivity contribution in [1.29, 1.82) is 0 Å². The van der Waals surface area contributed by atoms with Gasteiger partial charge >= 0.3 is 0 Å². The molecule has 1 aliphatic heterocycles. The van der Waals surface area contributed by atoms with Crippen LogP contribution < -0.4 is 5.32 Å². The lowest BCUT2D eigenvalue weighted by Gasteiger charge is -2.34. The van der Waals surface area contributed by atoms with E-state index >= 15 is 0 Å². The molecule has 2 atom stereocenters. The van der Waals surface area contributed by atoms with E-state index in [4.69, 9.17) is 4.74 Å². The molecule has 1 saturated heterocycles. The molecule has 6 nitrogen and oxygen atoms in total. The Morgan fingerprint density at radius 1 is 1.10 bits per heavy atom. The molecule has 2 aromatic rings. The molecule has 0 saturated carbocycles. The number of nitrogens with one attached hydrogen (secondary N) is 1. The van der Waals surface area contributed by atoms with E-state index in [1.807, 2.05) is 13.8 Å². The SMILES string of the molecule is CC1CN(S(=O)(=O)c2ccc(NC(=O)CCc3cc(F)ccc3F)cc2)CC(C)O1. The number of amides is 1. The van der Waals surface area contributed by atoms with E-state index in [1.165, 1.54) is 28.6 Å². The summed E-state index contributed by atoms with van der Waals surface area (Å²) in [6.07, 6.45) is -0.366. The number of rotatable bonds is 6. The van der Waals surface area contributed by atoms with Gasteiger partial charge in [-0.25, -0.2) is 17.2 Å². The molecule has 2 aromatic carbocycles. The van der Waals surface area contributed by atoms with Crippen LogP contribution in [-0.4, -0.2) is 43.9 Å². The van der Waals surface area contributed by atoms with Crippen molar-refractivity contribution in [3.63, 3.8) is 0 Å². The Morgan fingerprint density at radius 3 is 2.37 bits per heavy atom. The molecule has 0 spiro atoms. The lowest BCUT2D eigenvalue weighted by atomic mass is 10.1. The molecule has 1 N–H and O–H groups in total. The van der Waals surface area contributed by atoms with Crippen LogP contribution in [0.3, 0.4) is 0 Å². The second-order valence-electron chi connectivity index (χ2n) is 7.39. The summed E-state index contributed by atoms with van der Waals surface area (Å²) >= 11 is 0. The number of hydrogen-bond acceptors (Lipinski definition) is 4. The molecular weight excluding hydrogens is 414 g/mol. The minimum absolute atomic E-state index is 0.0377. The van der Waals surface area contributed by atoms with Crippen LogP contribution >= 0.6 is 0 Å². The van der Waals surface area contributed by atoms with Crippen LogP contribution in [0.15, 0.2) is 47.4 Å².